The molecule has 1 amide bonds. The minimum absolute atomic E-state index is 0.176. The van der Waals surface area contributed by atoms with Crippen LogP contribution in [0.4, 0.5) is 5.69 Å². The molecule has 3 N–H and O–H groups in total. The summed E-state index contributed by atoms with van der Waals surface area (Å²) in [7, 11) is 0. The summed E-state index contributed by atoms with van der Waals surface area (Å²) in [6.45, 7) is 0.427. The van der Waals surface area contributed by atoms with E-state index in [1.165, 1.54) is 0 Å². The van der Waals surface area contributed by atoms with E-state index in [1.54, 1.807) is 36.8 Å². The van der Waals surface area contributed by atoms with Gasteiger partial charge in [-0.05, 0) is 40.2 Å². The minimum Gasteiger partial charge on any atom is -0.472 e. The summed E-state index contributed by atoms with van der Waals surface area (Å²) in [5.74, 6) is -0.176. The summed E-state index contributed by atoms with van der Waals surface area (Å²) in [4.78, 5) is 11.9. The van der Waals surface area contributed by atoms with E-state index in [4.69, 9.17) is 10.2 Å². The first-order valence-electron chi connectivity index (χ1n) is 5.01. The monoisotopic (exact) mass is 294 g/mol. The molecule has 1 aromatic carbocycles. The van der Waals surface area contributed by atoms with Gasteiger partial charge in [-0.15, -0.1) is 0 Å². The molecule has 0 saturated heterocycles. The van der Waals surface area contributed by atoms with Crippen LogP contribution in [0.15, 0.2) is 45.7 Å². The third-order valence-corrected chi connectivity index (χ3v) is 2.96. The standard InChI is InChI=1S/C12H11BrN2O2/c13-11-2-1-9(14)5-10(11)12(16)15-6-8-3-4-17-7-8/h1-5,7H,6,14H2,(H,15,16). The van der Waals surface area contributed by atoms with Gasteiger partial charge in [0.2, 0.25) is 0 Å². The highest BCUT2D eigenvalue weighted by molar-refractivity contribution is 9.10. The van der Waals surface area contributed by atoms with Crippen LogP contribution in [0, 0.1) is 0 Å². The van der Waals surface area contributed by atoms with Crippen molar-refractivity contribution >= 4 is 27.5 Å². The number of halogens is 1. The second-order valence-corrected chi connectivity index (χ2v) is 4.41. The van der Waals surface area contributed by atoms with Gasteiger partial charge in [-0.2, -0.15) is 0 Å². The Balaban J connectivity index is 2.07. The number of amides is 1. The van der Waals surface area contributed by atoms with Gasteiger partial charge in [0.1, 0.15) is 0 Å². The van der Waals surface area contributed by atoms with Gasteiger partial charge in [-0.25, -0.2) is 0 Å². The van der Waals surface area contributed by atoms with Gasteiger partial charge >= 0.3 is 0 Å². The Morgan fingerprint density at radius 1 is 1.41 bits per heavy atom. The van der Waals surface area contributed by atoms with E-state index < -0.39 is 0 Å². The molecule has 4 nitrogen and oxygen atoms in total. The number of carbonyl (C=O) groups excluding carboxylic acids is 1. The molecule has 5 heteroatoms. The number of nitrogens with one attached hydrogen (secondary N) is 1. The van der Waals surface area contributed by atoms with Crippen LogP contribution < -0.4 is 11.1 Å². The zero-order chi connectivity index (χ0) is 12.3. The van der Waals surface area contributed by atoms with Gasteiger partial charge in [-0.3, -0.25) is 4.79 Å². The van der Waals surface area contributed by atoms with Crippen molar-refractivity contribution in [2.45, 2.75) is 6.54 Å². The molecule has 2 rings (SSSR count). The Labute approximate surface area is 107 Å². The summed E-state index contributed by atoms with van der Waals surface area (Å²) in [5, 5.41) is 2.78. The van der Waals surface area contributed by atoms with E-state index in [0.717, 1.165) is 10.0 Å². The lowest BCUT2D eigenvalue weighted by molar-refractivity contribution is 0.0950. The lowest BCUT2D eigenvalue weighted by atomic mass is 10.2. The highest BCUT2D eigenvalue weighted by Crippen LogP contribution is 2.19. The smallest absolute Gasteiger partial charge is 0.252 e. The molecule has 0 aliphatic heterocycles. The van der Waals surface area contributed by atoms with E-state index in [0.29, 0.717) is 17.8 Å². The number of furan rings is 1. The number of benzene rings is 1. The first kappa shape index (κ1) is 11.7. The Bertz CT molecular complexity index is 523. The van der Waals surface area contributed by atoms with Gasteiger partial charge < -0.3 is 15.5 Å². The van der Waals surface area contributed by atoms with Crippen molar-refractivity contribution in [2.75, 3.05) is 5.73 Å². The maximum absolute atomic E-state index is 11.9. The van der Waals surface area contributed by atoms with Crippen LogP contribution in [-0.4, -0.2) is 5.91 Å². The van der Waals surface area contributed by atoms with Crippen molar-refractivity contribution in [3.8, 4) is 0 Å². The van der Waals surface area contributed by atoms with Crippen molar-refractivity contribution in [2.24, 2.45) is 0 Å². The molecular weight excluding hydrogens is 284 g/mol. The van der Waals surface area contributed by atoms with Crippen molar-refractivity contribution < 1.29 is 9.21 Å². The molecule has 0 bridgehead atoms. The molecule has 88 valence electrons. The average molecular weight is 295 g/mol. The molecule has 2 aromatic rings. The van der Waals surface area contributed by atoms with E-state index in [1.807, 2.05) is 0 Å². The molecular formula is C12H11BrN2O2. The van der Waals surface area contributed by atoms with Crippen LogP contribution in [-0.2, 0) is 6.54 Å². The molecule has 0 radical (unpaired) electrons. The predicted octanol–water partition coefficient (Wildman–Crippen LogP) is 2.55. The largest absolute Gasteiger partial charge is 0.472 e. The Morgan fingerprint density at radius 2 is 2.24 bits per heavy atom. The summed E-state index contributed by atoms with van der Waals surface area (Å²) >= 11 is 3.31. The molecule has 0 unspecified atom stereocenters. The fourth-order valence-electron chi connectivity index (χ4n) is 1.39. The third-order valence-electron chi connectivity index (χ3n) is 2.27. The molecule has 0 spiro atoms. The summed E-state index contributed by atoms with van der Waals surface area (Å²) in [6.07, 6.45) is 3.16. The Morgan fingerprint density at radius 3 is 2.94 bits per heavy atom. The molecule has 0 atom stereocenters. The van der Waals surface area contributed by atoms with E-state index in [9.17, 15) is 4.79 Å². The third kappa shape index (κ3) is 2.88. The zero-order valence-corrected chi connectivity index (χ0v) is 10.5. The highest BCUT2D eigenvalue weighted by Gasteiger charge is 2.10. The molecule has 17 heavy (non-hydrogen) atoms. The maximum Gasteiger partial charge on any atom is 0.252 e. The quantitative estimate of drug-likeness (QED) is 0.855. The fraction of sp³-hybridized carbons (Fsp3) is 0.0833. The lowest BCUT2D eigenvalue weighted by Crippen LogP contribution is -2.23. The number of carbonyl (C=O) groups is 1. The summed E-state index contributed by atoms with van der Waals surface area (Å²) in [5.41, 5.74) is 7.63. The lowest BCUT2D eigenvalue weighted by Gasteiger charge is -2.06. The molecule has 1 heterocycles. The highest BCUT2D eigenvalue weighted by atomic mass is 79.9. The van der Waals surface area contributed by atoms with Crippen LogP contribution in [0.1, 0.15) is 15.9 Å². The van der Waals surface area contributed by atoms with E-state index in [2.05, 4.69) is 21.2 Å². The van der Waals surface area contributed by atoms with Gasteiger partial charge in [0.15, 0.2) is 0 Å². The van der Waals surface area contributed by atoms with Crippen LogP contribution >= 0.6 is 15.9 Å². The second kappa shape index (κ2) is 5.05. The summed E-state index contributed by atoms with van der Waals surface area (Å²) < 4.78 is 5.63. The first-order chi connectivity index (χ1) is 8.16. The number of nitrogen functional groups attached to an aromatic ring is 1. The van der Waals surface area contributed by atoms with Crippen molar-refractivity contribution in [1.29, 1.82) is 0 Å². The van der Waals surface area contributed by atoms with Crippen molar-refractivity contribution in [1.82, 2.24) is 5.32 Å². The van der Waals surface area contributed by atoms with Crippen LogP contribution in [0.2, 0.25) is 0 Å². The van der Waals surface area contributed by atoms with Crippen molar-refractivity contribution in [3.63, 3.8) is 0 Å². The normalized spacial score (nSPS) is 10.2. The van der Waals surface area contributed by atoms with Gasteiger partial charge in [0.25, 0.3) is 5.91 Å². The van der Waals surface area contributed by atoms with E-state index in [-0.39, 0.29) is 5.91 Å². The van der Waals surface area contributed by atoms with Gasteiger partial charge in [0, 0.05) is 22.3 Å². The SMILES string of the molecule is Nc1ccc(Br)c(C(=O)NCc2ccoc2)c1. The van der Waals surface area contributed by atoms with Crippen molar-refractivity contribution in [3.05, 3.63) is 52.4 Å². The van der Waals surface area contributed by atoms with E-state index >= 15 is 0 Å². The predicted molar refractivity (Wildman–Crippen MR) is 68.4 cm³/mol. The van der Waals surface area contributed by atoms with Crippen LogP contribution in [0.25, 0.3) is 0 Å². The van der Waals surface area contributed by atoms with Crippen LogP contribution in [0.3, 0.4) is 0 Å². The average Bonchev–Trinajstić information content (AvgIpc) is 2.82. The second-order valence-electron chi connectivity index (χ2n) is 3.55. The molecule has 0 fully saturated rings. The molecule has 0 aliphatic carbocycles. The maximum atomic E-state index is 11.9. The number of hydrogen-bond acceptors (Lipinski definition) is 3. The summed E-state index contributed by atoms with van der Waals surface area (Å²) in [6, 6.07) is 6.92. The van der Waals surface area contributed by atoms with Gasteiger partial charge in [-0.1, -0.05) is 0 Å². The first-order valence-corrected chi connectivity index (χ1v) is 5.80. The topological polar surface area (TPSA) is 68.3 Å². The minimum atomic E-state index is -0.176. The molecule has 1 aromatic heterocycles. The molecule has 0 saturated carbocycles. The van der Waals surface area contributed by atoms with Gasteiger partial charge in [0.05, 0.1) is 18.1 Å². The molecule has 0 aliphatic rings. The van der Waals surface area contributed by atoms with Crippen LogP contribution in [0.5, 0.6) is 0 Å². The number of rotatable bonds is 3. The Kier molecular flexibility index (Phi) is 3.49. The number of anilines is 1. The Hall–Kier alpha value is -1.75. The number of hydrogen-bond donors (Lipinski definition) is 2. The number of nitrogens with two attached hydrogens (primary N) is 1. The fourth-order valence-corrected chi connectivity index (χ4v) is 1.81. The zero-order valence-electron chi connectivity index (χ0n) is 8.94.